The Morgan fingerprint density at radius 2 is 2.11 bits per heavy atom. The fourth-order valence-electron chi connectivity index (χ4n) is 3.48. The van der Waals surface area contributed by atoms with Crippen LogP contribution >= 0.6 is 0 Å². The van der Waals surface area contributed by atoms with Crippen molar-refractivity contribution in [2.75, 3.05) is 6.54 Å². The van der Waals surface area contributed by atoms with Crippen LogP contribution in [0.15, 0.2) is 6.20 Å². The molecule has 1 aromatic rings. The lowest BCUT2D eigenvalue weighted by Crippen LogP contribution is -2.45. The van der Waals surface area contributed by atoms with Gasteiger partial charge in [0.1, 0.15) is 0 Å². The Morgan fingerprint density at radius 1 is 1.39 bits per heavy atom. The highest BCUT2D eigenvalue weighted by molar-refractivity contribution is 5.02. The monoisotopic (exact) mass is 250 g/mol. The van der Waals surface area contributed by atoms with Crippen molar-refractivity contribution in [1.29, 1.82) is 0 Å². The van der Waals surface area contributed by atoms with Gasteiger partial charge in [0.2, 0.25) is 0 Å². The average molecular weight is 250 g/mol. The smallest absolute Gasteiger partial charge is 0.0842 e. The summed E-state index contributed by atoms with van der Waals surface area (Å²) in [6, 6.07) is 0.548. The minimum absolute atomic E-state index is 0.480. The van der Waals surface area contributed by atoms with Crippen molar-refractivity contribution in [3.05, 3.63) is 11.9 Å². The molecule has 102 valence electrons. The molecule has 0 saturated heterocycles. The van der Waals surface area contributed by atoms with E-state index in [9.17, 15) is 0 Å². The van der Waals surface area contributed by atoms with Crippen molar-refractivity contribution in [2.24, 2.45) is 12.5 Å². The Bertz CT molecular complexity index is 366. The largest absolute Gasteiger partial charge is 0.313 e. The molecule has 0 radical (unpaired) electrons. The predicted octanol–water partition coefficient (Wildman–Crippen LogP) is 2.31. The lowest BCUT2D eigenvalue weighted by atomic mass is 9.74. The second kappa shape index (κ2) is 5.83. The molecule has 1 aromatic heterocycles. The highest BCUT2D eigenvalue weighted by Gasteiger charge is 2.39. The van der Waals surface area contributed by atoms with Crippen molar-refractivity contribution < 1.29 is 0 Å². The van der Waals surface area contributed by atoms with Gasteiger partial charge in [0.05, 0.1) is 5.69 Å². The molecule has 4 nitrogen and oxygen atoms in total. The molecular weight excluding hydrogens is 224 g/mol. The van der Waals surface area contributed by atoms with Crippen molar-refractivity contribution in [2.45, 2.75) is 58.4 Å². The minimum atomic E-state index is 0.480. The van der Waals surface area contributed by atoms with Gasteiger partial charge in [-0.05, 0) is 31.2 Å². The number of hydrogen-bond donors (Lipinski definition) is 1. The zero-order chi connectivity index (χ0) is 13.0. The summed E-state index contributed by atoms with van der Waals surface area (Å²) in [6.45, 7) is 5.57. The van der Waals surface area contributed by atoms with Gasteiger partial charge in [0.15, 0.2) is 0 Å². The number of nitrogens with one attached hydrogen (secondary N) is 1. The number of hydrogen-bond acceptors (Lipinski definition) is 3. The van der Waals surface area contributed by atoms with E-state index in [2.05, 4.69) is 29.5 Å². The molecule has 1 heterocycles. The van der Waals surface area contributed by atoms with Gasteiger partial charge in [-0.15, -0.1) is 5.10 Å². The lowest BCUT2D eigenvalue weighted by molar-refractivity contribution is 0.185. The van der Waals surface area contributed by atoms with Crippen LogP contribution < -0.4 is 5.32 Å². The molecule has 2 rings (SSSR count). The summed E-state index contributed by atoms with van der Waals surface area (Å²) in [5.74, 6) is 0. The molecule has 0 spiro atoms. The van der Waals surface area contributed by atoms with Crippen LogP contribution in [-0.2, 0) is 13.5 Å². The first-order valence-corrected chi connectivity index (χ1v) is 7.29. The highest BCUT2D eigenvalue weighted by atomic mass is 15.4. The summed E-state index contributed by atoms with van der Waals surface area (Å²) in [4.78, 5) is 0. The molecule has 4 heteroatoms. The maximum atomic E-state index is 4.25. The van der Waals surface area contributed by atoms with Gasteiger partial charge in [-0.2, -0.15) is 0 Å². The van der Waals surface area contributed by atoms with Crippen LogP contribution in [0.4, 0.5) is 0 Å². The first kappa shape index (κ1) is 13.5. The Morgan fingerprint density at radius 3 is 2.61 bits per heavy atom. The van der Waals surface area contributed by atoms with E-state index in [1.165, 1.54) is 32.1 Å². The molecule has 18 heavy (non-hydrogen) atoms. The van der Waals surface area contributed by atoms with Crippen molar-refractivity contribution in [3.63, 3.8) is 0 Å². The molecule has 0 bridgehead atoms. The summed E-state index contributed by atoms with van der Waals surface area (Å²) in [7, 11) is 1.93. The molecule has 1 N–H and O–H groups in total. The number of aryl methyl sites for hydroxylation is 1. The van der Waals surface area contributed by atoms with Gasteiger partial charge in [0, 0.05) is 25.7 Å². The van der Waals surface area contributed by atoms with E-state index >= 15 is 0 Å². The Labute approximate surface area is 110 Å². The number of aromatic nitrogens is 3. The van der Waals surface area contributed by atoms with Gasteiger partial charge >= 0.3 is 0 Å². The summed E-state index contributed by atoms with van der Waals surface area (Å²) < 4.78 is 1.80. The van der Waals surface area contributed by atoms with Crippen LogP contribution in [0, 0.1) is 5.41 Å². The molecule has 0 aromatic carbocycles. The topological polar surface area (TPSA) is 42.7 Å². The standard InChI is InChI=1S/C14H26N4/c1-4-14(8-6-7-9-14)13(15-5-2)10-12-11-18(3)17-16-12/h11,13,15H,4-10H2,1-3H3. The average Bonchev–Trinajstić information content (AvgIpc) is 2.98. The quantitative estimate of drug-likeness (QED) is 0.842. The van der Waals surface area contributed by atoms with E-state index in [-0.39, 0.29) is 0 Å². The second-order valence-corrected chi connectivity index (χ2v) is 5.62. The summed E-state index contributed by atoms with van der Waals surface area (Å²) in [6.07, 6.45) is 9.82. The third-order valence-electron chi connectivity index (χ3n) is 4.56. The molecule has 1 saturated carbocycles. The van der Waals surface area contributed by atoms with Crippen molar-refractivity contribution in [1.82, 2.24) is 20.3 Å². The Hall–Kier alpha value is -0.900. The Balaban J connectivity index is 2.11. The maximum absolute atomic E-state index is 4.25. The summed E-state index contributed by atoms with van der Waals surface area (Å²) in [5.41, 5.74) is 1.59. The molecular formula is C14H26N4. The zero-order valence-corrected chi connectivity index (χ0v) is 11.9. The van der Waals surface area contributed by atoms with Crippen LogP contribution in [0.1, 0.15) is 51.6 Å². The molecule has 1 atom stereocenters. The fraction of sp³-hybridized carbons (Fsp3) is 0.857. The molecule has 1 aliphatic rings. The van der Waals surface area contributed by atoms with Crippen LogP contribution in [0.2, 0.25) is 0 Å². The van der Waals surface area contributed by atoms with Crippen LogP contribution in [-0.4, -0.2) is 27.6 Å². The summed E-state index contributed by atoms with van der Waals surface area (Å²) >= 11 is 0. The van der Waals surface area contributed by atoms with E-state index in [0.29, 0.717) is 11.5 Å². The molecule has 0 aliphatic heterocycles. The minimum Gasteiger partial charge on any atom is -0.313 e. The number of likely N-dealkylation sites (N-methyl/N-ethyl adjacent to an activating group) is 1. The third kappa shape index (κ3) is 2.74. The molecule has 0 amide bonds. The van der Waals surface area contributed by atoms with Crippen molar-refractivity contribution >= 4 is 0 Å². The van der Waals surface area contributed by atoms with Crippen LogP contribution in [0.3, 0.4) is 0 Å². The molecule has 1 aliphatic carbocycles. The van der Waals surface area contributed by atoms with Gasteiger partial charge in [-0.25, -0.2) is 0 Å². The van der Waals surface area contributed by atoms with Gasteiger partial charge in [-0.3, -0.25) is 4.68 Å². The Kier molecular flexibility index (Phi) is 4.38. The van der Waals surface area contributed by atoms with E-state index in [0.717, 1.165) is 18.7 Å². The normalized spacial score (nSPS) is 20.2. The lowest BCUT2D eigenvalue weighted by Gasteiger charge is -2.37. The first-order chi connectivity index (χ1) is 8.70. The first-order valence-electron chi connectivity index (χ1n) is 7.29. The predicted molar refractivity (Wildman–Crippen MR) is 73.4 cm³/mol. The fourth-order valence-corrected chi connectivity index (χ4v) is 3.48. The molecule has 1 unspecified atom stereocenters. The van der Waals surface area contributed by atoms with Gasteiger partial charge in [-0.1, -0.05) is 31.9 Å². The zero-order valence-electron chi connectivity index (χ0n) is 11.9. The van der Waals surface area contributed by atoms with E-state index in [4.69, 9.17) is 0 Å². The SMILES string of the molecule is CCNC(Cc1cn(C)nn1)C1(CC)CCCC1. The maximum Gasteiger partial charge on any atom is 0.0842 e. The third-order valence-corrected chi connectivity index (χ3v) is 4.56. The summed E-state index contributed by atoms with van der Waals surface area (Å²) in [5, 5.41) is 12.0. The van der Waals surface area contributed by atoms with Gasteiger partial charge in [0.25, 0.3) is 0 Å². The van der Waals surface area contributed by atoms with E-state index in [1.807, 2.05) is 13.2 Å². The highest BCUT2D eigenvalue weighted by Crippen LogP contribution is 2.44. The van der Waals surface area contributed by atoms with Crippen LogP contribution in [0.25, 0.3) is 0 Å². The van der Waals surface area contributed by atoms with Crippen molar-refractivity contribution in [3.8, 4) is 0 Å². The number of nitrogens with zero attached hydrogens (tertiary/aromatic N) is 3. The van der Waals surface area contributed by atoms with Crippen LogP contribution in [0.5, 0.6) is 0 Å². The second-order valence-electron chi connectivity index (χ2n) is 5.62. The number of rotatable bonds is 6. The molecule has 1 fully saturated rings. The van der Waals surface area contributed by atoms with E-state index in [1.54, 1.807) is 4.68 Å². The van der Waals surface area contributed by atoms with E-state index < -0.39 is 0 Å². The van der Waals surface area contributed by atoms with Gasteiger partial charge < -0.3 is 5.32 Å².